The van der Waals surface area contributed by atoms with Crippen LogP contribution in [0.4, 0.5) is 4.39 Å². The molecule has 0 N–H and O–H groups in total. The second-order valence-electron chi connectivity index (χ2n) is 7.75. The molecule has 0 aliphatic carbocycles. The predicted molar refractivity (Wildman–Crippen MR) is 123 cm³/mol. The number of amides is 1. The van der Waals surface area contributed by atoms with Crippen LogP contribution in [0.2, 0.25) is 5.02 Å². The van der Waals surface area contributed by atoms with Crippen LogP contribution in [0.5, 0.6) is 5.75 Å². The lowest BCUT2D eigenvalue weighted by Crippen LogP contribution is -2.48. The van der Waals surface area contributed by atoms with Gasteiger partial charge in [-0.05, 0) is 35.9 Å². The Labute approximate surface area is 196 Å². The van der Waals surface area contributed by atoms with E-state index in [0.29, 0.717) is 43.5 Å². The van der Waals surface area contributed by atoms with Gasteiger partial charge in [-0.1, -0.05) is 35.9 Å². The van der Waals surface area contributed by atoms with E-state index in [2.05, 4.69) is 10.00 Å². The fourth-order valence-corrected chi connectivity index (χ4v) is 3.88. The van der Waals surface area contributed by atoms with Gasteiger partial charge < -0.3 is 9.64 Å². The molecule has 0 saturated carbocycles. The maximum atomic E-state index is 13.3. The van der Waals surface area contributed by atoms with Gasteiger partial charge in [0.2, 0.25) is 0 Å². The summed E-state index contributed by atoms with van der Waals surface area (Å²) in [5.74, 6) is 0.129. The molecule has 7 nitrogen and oxygen atoms in total. The standard InChI is InChI=1S/C24H24ClFN4O3/c25-21-16-19(26)7-6-18(21)17-28-10-12-29(13-11-28)24(32)22-8-9-23(31)30(27-22)14-15-33-20-4-2-1-3-5-20/h1-9,16H,10-15,17H2. The van der Waals surface area contributed by atoms with Gasteiger partial charge in [0.1, 0.15) is 23.9 Å². The van der Waals surface area contributed by atoms with E-state index in [4.69, 9.17) is 16.3 Å². The van der Waals surface area contributed by atoms with Gasteiger partial charge in [-0.2, -0.15) is 5.10 Å². The van der Waals surface area contributed by atoms with Crippen LogP contribution in [-0.4, -0.2) is 58.3 Å². The van der Waals surface area contributed by atoms with E-state index in [1.165, 1.54) is 28.9 Å². The van der Waals surface area contributed by atoms with Gasteiger partial charge >= 0.3 is 0 Å². The molecule has 2 heterocycles. The largest absolute Gasteiger partial charge is 0.492 e. The molecular weight excluding hydrogens is 447 g/mol. The molecular formula is C24H24ClFN4O3. The summed E-state index contributed by atoms with van der Waals surface area (Å²) in [6.07, 6.45) is 0. The van der Waals surface area contributed by atoms with Crippen LogP contribution in [0.15, 0.2) is 65.5 Å². The summed E-state index contributed by atoms with van der Waals surface area (Å²) in [5.41, 5.74) is 0.790. The van der Waals surface area contributed by atoms with Crippen LogP contribution in [-0.2, 0) is 13.1 Å². The van der Waals surface area contributed by atoms with Gasteiger partial charge in [-0.3, -0.25) is 14.5 Å². The highest BCUT2D eigenvalue weighted by molar-refractivity contribution is 6.31. The summed E-state index contributed by atoms with van der Waals surface area (Å²) in [6, 6.07) is 16.5. The molecule has 9 heteroatoms. The number of hydrogen-bond acceptors (Lipinski definition) is 5. The third kappa shape index (κ3) is 5.97. The van der Waals surface area contributed by atoms with Gasteiger partial charge in [0, 0.05) is 43.8 Å². The molecule has 0 radical (unpaired) electrons. The number of rotatable bonds is 7. The zero-order chi connectivity index (χ0) is 23.2. The van der Waals surface area contributed by atoms with Crippen LogP contribution >= 0.6 is 11.6 Å². The zero-order valence-corrected chi connectivity index (χ0v) is 18.7. The highest BCUT2D eigenvalue weighted by atomic mass is 35.5. The first-order chi connectivity index (χ1) is 16.0. The van der Waals surface area contributed by atoms with Crippen molar-refractivity contribution in [2.24, 2.45) is 0 Å². The minimum absolute atomic E-state index is 0.216. The van der Waals surface area contributed by atoms with E-state index in [1.807, 2.05) is 30.3 Å². The number of nitrogens with zero attached hydrogens (tertiary/aromatic N) is 4. The van der Waals surface area contributed by atoms with Gasteiger partial charge in [0.25, 0.3) is 11.5 Å². The summed E-state index contributed by atoms with van der Waals surface area (Å²) >= 11 is 6.13. The van der Waals surface area contributed by atoms with E-state index in [-0.39, 0.29) is 36.1 Å². The van der Waals surface area contributed by atoms with Crippen LogP contribution in [0.1, 0.15) is 16.1 Å². The number of aromatic nitrogens is 2. The lowest BCUT2D eigenvalue weighted by molar-refractivity contribution is 0.0619. The maximum Gasteiger partial charge on any atom is 0.274 e. The Morgan fingerprint density at radius 1 is 1.03 bits per heavy atom. The molecule has 0 spiro atoms. The molecule has 1 amide bonds. The molecule has 3 aromatic rings. The molecule has 1 aromatic heterocycles. The highest BCUT2D eigenvalue weighted by Crippen LogP contribution is 2.20. The topological polar surface area (TPSA) is 67.7 Å². The predicted octanol–water partition coefficient (Wildman–Crippen LogP) is 3.07. The zero-order valence-electron chi connectivity index (χ0n) is 18.0. The van der Waals surface area contributed by atoms with Crippen LogP contribution < -0.4 is 10.3 Å². The lowest BCUT2D eigenvalue weighted by atomic mass is 10.2. The van der Waals surface area contributed by atoms with Crippen molar-refractivity contribution in [1.82, 2.24) is 19.6 Å². The Morgan fingerprint density at radius 3 is 2.52 bits per heavy atom. The summed E-state index contributed by atoms with van der Waals surface area (Å²) in [6.45, 7) is 3.45. The molecule has 0 unspecified atom stereocenters. The quantitative estimate of drug-likeness (QED) is 0.531. The van der Waals surface area contributed by atoms with E-state index >= 15 is 0 Å². The Kier molecular flexibility index (Phi) is 7.36. The van der Waals surface area contributed by atoms with E-state index in [1.54, 1.807) is 11.0 Å². The molecule has 1 aliphatic heterocycles. The molecule has 0 atom stereocenters. The SMILES string of the molecule is O=C(c1ccc(=O)n(CCOc2ccccc2)n1)N1CCN(Cc2ccc(F)cc2Cl)CC1. The molecule has 33 heavy (non-hydrogen) atoms. The second-order valence-corrected chi connectivity index (χ2v) is 8.15. The van der Waals surface area contributed by atoms with Crippen molar-refractivity contribution < 1.29 is 13.9 Å². The van der Waals surface area contributed by atoms with E-state index < -0.39 is 0 Å². The number of halogens is 2. The van der Waals surface area contributed by atoms with Crippen LogP contribution in [0, 0.1) is 5.82 Å². The number of piperazine rings is 1. The minimum atomic E-state index is -0.361. The third-order valence-electron chi connectivity index (χ3n) is 5.47. The lowest BCUT2D eigenvalue weighted by Gasteiger charge is -2.34. The summed E-state index contributed by atoms with van der Waals surface area (Å²) < 4.78 is 20.1. The number of para-hydroxylation sites is 1. The monoisotopic (exact) mass is 470 g/mol. The average molecular weight is 471 g/mol. The van der Waals surface area contributed by atoms with Crippen molar-refractivity contribution in [2.45, 2.75) is 13.1 Å². The summed E-state index contributed by atoms with van der Waals surface area (Å²) in [5, 5.41) is 4.65. The van der Waals surface area contributed by atoms with Crippen molar-refractivity contribution in [3.63, 3.8) is 0 Å². The van der Waals surface area contributed by atoms with Crippen molar-refractivity contribution >= 4 is 17.5 Å². The molecule has 1 saturated heterocycles. The van der Waals surface area contributed by atoms with Crippen LogP contribution in [0.25, 0.3) is 0 Å². The maximum absolute atomic E-state index is 13.3. The summed E-state index contributed by atoms with van der Waals surface area (Å²) in [4.78, 5) is 29.0. The number of carbonyl (C=O) groups is 1. The van der Waals surface area contributed by atoms with Crippen molar-refractivity contribution in [2.75, 3.05) is 32.8 Å². The Balaban J connectivity index is 1.32. The highest BCUT2D eigenvalue weighted by Gasteiger charge is 2.24. The van der Waals surface area contributed by atoms with Crippen molar-refractivity contribution in [3.8, 4) is 5.75 Å². The fourth-order valence-electron chi connectivity index (χ4n) is 3.65. The fraction of sp³-hybridized carbons (Fsp3) is 0.292. The first-order valence-electron chi connectivity index (χ1n) is 10.7. The number of hydrogen-bond donors (Lipinski definition) is 0. The minimum Gasteiger partial charge on any atom is -0.492 e. The Bertz CT molecular complexity index is 1160. The number of carbonyl (C=O) groups excluding carboxylic acids is 1. The van der Waals surface area contributed by atoms with E-state index in [0.717, 1.165) is 5.56 Å². The third-order valence-corrected chi connectivity index (χ3v) is 5.82. The van der Waals surface area contributed by atoms with Crippen LogP contribution in [0.3, 0.4) is 0 Å². The van der Waals surface area contributed by atoms with Crippen molar-refractivity contribution in [1.29, 1.82) is 0 Å². The average Bonchev–Trinajstić information content (AvgIpc) is 2.83. The first-order valence-corrected chi connectivity index (χ1v) is 11.1. The van der Waals surface area contributed by atoms with Crippen molar-refractivity contribution in [3.05, 3.63) is 93.1 Å². The molecule has 4 rings (SSSR count). The molecule has 172 valence electrons. The van der Waals surface area contributed by atoms with Gasteiger partial charge in [0.05, 0.1) is 6.54 Å². The van der Waals surface area contributed by atoms with Gasteiger partial charge in [-0.25, -0.2) is 9.07 Å². The number of benzene rings is 2. The first kappa shape index (κ1) is 22.9. The molecule has 1 fully saturated rings. The second kappa shape index (κ2) is 10.6. The van der Waals surface area contributed by atoms with Gasteiger partial charge in [0.15, 0.2) is 0 Å². The Morgan fingerprint density at radius 2 is 1.79 bits per heavy atom. The van der Waals surface area contributed by atoms with Gasteiger partial charge in [-0.15, -0.1) is 0 Å². The Hall–Kier alpha value is -3.23. The molecule has 2 aromatic carbocycles. The number of ether oxygens (including phenoxy) is 1. The molecule has 0 bridgehead atoms. The summed E-state index contributed by atoms with van der Waals surface area (Å²) in [7, 11) is 0. The normalized spacial score (nSPS) is 14.3. The van der Waals surface area contributed by atoms with E-state index in [9.17, 15) is 14.0 Å². The smallest absolute Gasteiger partial charge is 0.274 e. The molecule has 1 aliphatic rings.